The zero-order valence-electron chi connectivity index (χ0n) is 11.2. The van der Waals surface area contributed by atoms with Crippen LogP contribution in [0.3, 0.4) is 0 Å². The van der Waals surface area contributed by atoms with Crippen molar-refractivity contribution in [3.8, 4) is 0 Å². The Balaban J connectivity index is 2.13. The summed E-state index contributed by atoms with van der Waals surface area (Å²) in [6.07, 6.45) is 4.83. The number of fused-ring (bicyclic) bond motifs is 1. The molecule has 1 aromatic rings. The van der Waals surface area contributed by atoms with Crippen molar-refractivity contribution in [2.45, 2.75) is 52.5 Å². The lowest BCUT2D eigenvalue weighted by atomic mass is 9.83. The fraction of sp³-hybridized carbons (Fsp3) is 0.600. The quantitative estimate of drug-likeness (QED) is 0.621. The highest BCUT2D eigenvalue weighted by Gasteiger charge is 2.24. The monoisotopic (exact) mass is 232 g/mol. The number of hydrazine groups is 1. The van der Waals surface area contributed by atoms with Crippen LogP contribution in [0.4, 0.5) is 0 Å². The SMILES string of the molecule is CC(C)(C)C(Cc1ccc2c(c1)CCC2)NN. The van der Waals surface area contributed by atoms with E-state index in [2.05, 4.69) is 44.4 Å². The van der Waals surface area contributed by atoms with Crippen molar-refractivity contribution in [3.63, 3.8) is 0 Å². The molecule has 1 aliphatic rings. The highest BCUT2D eigenvalue weighted by atomic mass is 15.2. The van der Waals surface area contributed by atoms with Crippen LogP contribution in [0.5, 0.6) is 0 Å². The van der Waals surface area contributed by atoms with Crippen LogP contribution in [0.2, 0.25) is 0 Å². The number of nitrogens with one attached hydrogen (secondary N) is 1. The van der Waals surface area contributed by atoms with Gasteiger partial charge in [0.15, 0.2) is 0 Å². The summed E-state index contributed by atoms with van der Waals surface area (Å²) in [6, 6.07) is 7.26. The van der Waals surface area contributed by atoms with Crippen LogP contribution in [0, 0.1) is 5.41 Å². The average molecular weight is 232 g/mol. The maximum absolute atomic E-state index is 5.67. The molecule has 0 aliphatic heterocycles. The van der Waals surface area contributed by atoms with E-state index in [1.807, 2.05) is 0 Å². The molecule has 2 nitrogen and oxygen atoms in total. The number of benzene rings is 1. The number of hydrogen-bond donors (Lipinski definition) is 2. The van der Waals surface area contributed by atoms with Crippen LogP contribution in [0.15, 0.2) is 18.2 Å². The van der Waals surface area contributed by atoms with Crippen LogP contribution in [0.25, 0.3) is 0 Å². The molecule has 17 heavy (non-hydrogen) atoms. The molecule has 0 fully saturated rings. The smallest absolute Gasteiger partial charge is 0.0299 e. The summed E-state index contributed by atoms with van der Waals surface area (Å²) in [5, 5.41) is 0. The summed E-state index contributed by atoms with van der Waals surface area (Å²) < 4.78 is 0. The molecule has 94 valence electrons. The molecule has 0 amide bonds. The zero-order valence-corrected chi connectivity index (χ0v) is 11.2. The molecular weight excluding hydrogens is 208 g/mol. The second-order valence-corrected chi connectivity index (χ2v) is 6.25. The fourth-order valence-corrected chi connectivity index (χ4v) is 2.60. The van der Waals surface area contributed by atoms with E-state index in [9.17, 15) is 0 Å². The van der Waals surface area contributed by atoms with E-state index in [-0.39, 0.29) is 5.41 Å². The van der Waals surface area contributed by atoms with Gasteiger partial charge in [0.25, 0.3) is 0 Å². The van der Waals surface area contributed by atoms with Crippen molar-refractivity contribution in [1.82, 2.24) is 5.43 Å². The molecule has 1 aliphatic carbocycles. The lowest BCUT2D eigenvalue weighted by molar-refractivity contribution is 0.269. The van der Waals surface area contributed by atoms with Crippen molar-refractivity contribution in [3.05, 3.63) is 34.9 Å². The molecule has 0 radical (unpaired) electrons. The van der Waals surface area contributed by atoms with E-state index >= 15 is 0 Å². The summed E-state index contributed by atoms with van der Waals surface area (Å²) in [4.78, 5) is 0. The van der Waals surface area contributed by atoms with Crippen LogP contribution in [-0.4, -0.2) is 6.04 Å². The normalized spacial score (nSPS) is 16.9. The standard InChI is InChI=1S/C15H24N2/c1-15(2,3)14(17-16)10-11-7-8-12-5-4-6-13(12)9-11/h7-9,14,17H,4-6,10,16H2,1-3H3. The lowest BCUT2D eigenvalue weighted by Gasteiger charge is -2.30. The van der Waals surface area contributed by atoms with Gasteiger partial charge in [-0.2, -0.15) is 0 Å². The number of hydrogen-bond acceptors (Lipinski definition) is 2. The minimum atomic E-state index is 0.188. The van der Waals surface area contributed by atoms with Crippen LogP contribution in [-0.2, 0) is 19.3 Å². The van der Waals surface area contributed by atoms with Crippen LogP contribution in [0.1, 0.15) is 43.9 Å². The van der Waals surface area contributed by atoms with Gasteiger partial charge < -0.3 is 0 Å². The van der Waals surface area contributed by atoms with Crippen molar-refractivity contribution < 1.29 is 0 Å². The van der Waals surface area contributed by atoms with Gasteiger partial charge in [0, 0.05) is 6.04 Å². The Morgan fingerprint density at radius 1 is 1.24 bits per heavy atom. The van der Waals surface area contributed by atoms with Gasteiger partial charge in [0.05, 0.1) is 0 Å². The third kappa shape index (κ3) is 2.88. The number of aryl methyl sites for hydroxylation is 2. The Bertz CT molecular complexity index is 390. The van der Waals surface area contributed by atoms with Gasteiger partial charge in [0.1, 0.15) is 0 Å². The summed E-state index contributed by atoms with van der Waals surface area (Å²) in [5.74, 6) is 5.67. The molecule has 0 aromatic heterocycles. The molecule has 0 heterocycles. The highest BCUT2D eigenvalue weighted by Crippen LogP contribution is 2.26. The Labute approximate surface area is 105 Å². The van der Waals surface area contributed by atoms with Crippen molar-refractivity contribution in [1.29, 1.82) is 0 Å². The molecule has 2 heteroatoms. The van der Waals surface area contributed by atoms with Crippen LogP contribution >= 0.6 is 0 Å². The topological polar surface area (TPSA) is 38.0 Å². The Hall–Kier alpha value is -0.860. The van der Waals surface area contributed by atoms with Crippen molar-refractivity contribution >= 4 is 0 Å². The maximum Gasteiger partial charge on any atom is 0.0299 e. The Kier molecular flexibility index (Phi) is 3.55. The maximum atomic E-state index is 5.67. The van der Waals surface area contributed by atoms with Gasteiger partial charge in [0.2, 0.25) is 0 Å². The van der Waals surface area contributed by atoms with E-state index in [0.717, 1.165) is 6.42 Å². The lowest BCUT2D eigenvalue weighted by Crippen LogP contribution is -2.45. The Morgan fingerprint density at radius 3 is 2.59 bits per heavy atom. The second-order valence-electron chi connectivity index (χ2n) is 6.25. The summed E-state index contributed by atoms with van der Waals surface area (Å²) in [5.41, 5.74) is 7.64. The average Bonchev–Trinajstić information content (AvgIpc) is 2.71. The molecule has 1 unspecified atom stereocenters. The Morgan fingerprint density at radius 2 is 1.94 bits per heavy atom. The van der Waals surface area contributed by atoms with E-state index in [4.69, 9.17) is 5.84 Å². The first-order valence-corrected chi connectivity index (χ1v) is 6.57. The van der Waals surface area contributed by atoms with E-state index in [0.29, 0.717) is 6.04 Å². The van der Waals surface area contributed by atoms with Gasteiger partial charge in [-0.1, -0.05) is 39.0 Å². The van der Waals surface area contributed by atoms with Gasteiger partial charge >= 0.3 is 0 Å². The van der Waals surface area contributed by atoms with Crippen molar-refractivity contribution in [2.75, 3.05) is 0 Å². The molecule has 1 atom stereocenters. The molecular formula is C15H24N2. The molecule has 0 spiro atoms. The van der Waals surface area contributed by atoms with Gasteiger partial charge in [-0.25, -0.2) is 0 Å². The predicted octanol–water partition coefficient (Wildman–Crippen LogP) is 2.60. The first kappa shape index (κ1) is 12.6. The van der Waals surface area contributed by atoms with Crippen molar-refractivity contribution in [2.24, 2.45) is 11.3 Å². The third-order valence-corrected chi connectivity index (χ3v) is 3.85. The molecule has 0 saturated heterocycles. The molecule has 3 N–H and O–H groups in total. The third-order valence-electron chi connectivity index (χ3n) is 3.85. The largest absolute Gasteiger partial charge is 0.271 e. The van der Waals surface area contributed by atoms with E-state index in [1.165, 1.54) is 24.8 Å². The number of rotatable bonds is 3. The first-order chi connectivity index (χ1) is 8.00. The van der Waals surface area contributed by atoms with Gasteiger partial charge in [-0.05, 0) is 47.8 Å². The predicted molar refractivity (Wildman–Crippen MR) is 72.7 cm³/mol. The van der Waals surface area contributed by atoms with Gasteiger partial charge in [-0.3, -0.25) is 11.3 Å². The molecule has 1 aromatic carbocycles. The molecule has 2 rings (SSSR count). The number of nitrogens with two attached hydrogens (primary N) is 1. The summed E-state index contributed by atoms with van der Waals surface area (Å²) >= 11 is 0. The second kappa shape index (κ2) is 4.79. The van der Waals surface area contributed by atoms with Crippen LogP contribution < -0.4 is 11.3 Å². The minimum absolute atomic E-state index is 0.188. The zero-order chi connectivity index (χ0) is 12.5. The van der Waals surface area contributed by atoms with E-state index < -0.39 is 0 Å². The first-order valence-electron chi connectivity index (χ1n) is 6.57. The summed E-state index contributed by atoms with van der Waals surface area (Å²) in [7, 11) is 0. The molecule has 0 bridgehead atoms. The fourth-order valence-electron chi connectivity index (χ4n) is 2.60. The highest BCUT2D eigenvalue weighted by molar-refractivity contribution is 5.35. The molecule has 0 saturated carbocycles. The minimum Gasteiger partial charge on any atom is -0.271 e. The van der Waals surface area contributed by atoms with Gasteiger partial charge in [-0.15, -0.1) is 0 Å². The van der Waals surface area contributed by atoms with E-state index in [1.54, 1.807) is 11.1 Å². The summed E-state index contributed by atoms with van der Waals surface area (Å²) in [6.45, 7) is 6.68.